The summed E-state index contributed by atoms with van der Waals surface area (Å²) in [5.74, 6) is -0.300. The number of carboxylic acid groups (broad SMARTS) is 1. The van der Waals surface area contributed by atoms with Gasteiger partial charge in [0.25, 0.3) is 0 Å². The largest absolute Gasteiger partial charge is 0.573 e. The van der Waals surface area contributed by atoms with E-state index in [0.717, 1.165) is 5.56 Å². The average Bonchev–Trinajstić information content (AvgIpc) is 2.52. The summed E-state index contributed by atoms with van der Waals surface area (Å²) < 4.78 is 40.5. The number of hydrogen-bond donors (Lipinski definition) is 2. The SMILES string of the molecule is CC(c1ccc(OC(F)(F)F)cc1)N1C[C@H](C)N(C(=O)O)C[C@H]1CO. The van der Waals surface area contributed by atoms with Crippen LogP contribution in [-0.4, -0.2) is 64.2 Å². The first-order valence-electron chi connectivity index (χ1n) is 7.84. The second-order valence-electron chi connectivity index (χ2n) is 6.11. The molecular weight excluding hydrogens is 341 g/mol. The topological polar surface area (TPSA) is 73.2 Å². The molecule has 1 unspecified atom stereocenters. The molecule has 0 radical (unpaired) electrons. The van der Waals surface area contributed by atoms with Crippen LogP contribution in [0.25, 0.3) is 0 Å². The van der Waals surface area contributed by atoms with Crippen molar-refractivity contribution in [3.05, 3.63) is 29.8 Å². The van der Waals surface area contributed by atoms with Crippen molar-refractivity contribution in [3.63, 3.8) is 0 Å². The molecule has 1 saturated heterocycles. The molecule has 0 aromatic heterocycles. The Morgan fingerprint density at radius 1 is 1.32 bits per heavy atom. The van der Waals surface area contributed by atoms with Crippen molar-refractivity contribution < 1.29 is 32.9 Å². The number of nitrogens with zero attached hydrogens (tertiary/aromatic N) is 2. The first-order valence-corrected chi connectivity index (χ1v) is 7.84. The molecule has 0 bridgehead atoms. The van der Waals surface area contributed by atoms with Gasteiger partial charge in [0.2, 0.25) is 0 Å². The molecule has 0 saturated carbocycles. The number of piperazine rings is 1. The van der Waals surface area contributed by atoms with Gasteiger partial charge in [0.1, 0.15) is 5.75 Å². The van der Waals surface area contributed by atoms with Gasteiger partial charge in [-0.2, -0.15) is 0 Å². The Hall–Kier alpha value is -2.00. The van der Waals surface area contributed by atoms with Gasteiger partial charge in [-0.25, -0.2) is 4.79 Å². The maximum absolute atomic E-state index is 12.2. The van der Waals surface area contributed by atoms with Crippen LogP contribution < -0.4 is 4.74 Å². The number of aliphatic hydroxyl groups is 1. The molecule has 0 spiro atoms. The van der Waals surface area contributed by atoms with Gasteiger partial charge in [-0.1, -0.05) is 12.1 Å². The minimum atomic E-state index is -4.74. The summed E-state index contributed by atoms with van der Waals surface area (Å²) in [6.07, 6.45) is -5.77. The number of carbonyl (C=O) groups is 1. The Morgan fingerprint density at radius 3 is 2.40 bits per heavy atom. The van der Waals surface area contributed by atoms with Crippen molar-refractivity contribution >= 4 is 6.09 Å². The zero-order valence-corrected chi connectivity index (χ0v) is 13.9. The number of hydrogen-bond acceptors (Lipinski definition) is 4. The zero-order chi connectivity index (χ0) is 18.8. The maximum Gasteiger partial charge on any atom is 0.573 e. The summed E-state index contributed by atoms with van der Waals surface area (Å²) in [7, 11) is 0. The smallest absolute Gasteiger partial charge is 0.465 e. The van der Waals surface area contributed by atoms with E-state index in [2.05, 4.69) is 4.74 Å². The second kappa shape index (κ2) is 7.49. The molecule has 1 aliphatic rings. The van der Waals surface area contributed by atoms with E-state index in [4.69, 9.17) is 0 Å². The molecule has 3 atom stereocenters. The molecule has 1 heterocycles. The Balaban J connectivity index is 2.13. The van der Waals surface area contributed by atoms with Crippen molar-refractivity contribution in [3.8, 4) is 5.75 Å². The maximum atomic E-state index is 12.2. The Kier molecular flexibility index (Phi) is 5.79. The molecule has 140 valence electrons. The third-order valence-corrected chi connectivity index (χ3v) is 4.43. The molecule has 6 nitrogen and oxygen atoms in total. The van der Waals surface area contributed by atoms with Gasteiger partial charge in [-0.3, -0.25) is 4.90 Å². The van der Waals surface area contributed by atoms with E-state index in [0.29, 0.717) is 6.54 Å². The van der Waals surface area contributed by atoms with Gasteiger partial charge < -0.3 is 19.8 Å². The molecule has 1 aliphatic heterocycles. The van der Waals surface area contributed by atoms with Crippen molar-refractivity contribution in [1.82, 2.24) is 9.80 Å². The van der Waals surface area contributed by atoms with Gasteiger partial charge in [0, 0.05) is 25.2 Å². The van der Waals surface area contributed by atoms with Crippen molar-refractivity contribution in [1.29, 1.82) is 0 Å². The standard InChI is InChI=1S/C16H21F3N2O4/c1-10-7-21(13(9-22)8-20(10)15(23)24)11(2)12-3-5-14(6-4-12)25-16(17,18)19/h3-6,10-11,13,22H,7-9H2,1-2H3,(H,23,24)/t10-,11?,13-/m0/s1. The molecule has 1 aromatic rings. The van der Waals surface area contributed by atoms with Crippen LogP contribution in [0, 0.1) is 0 Å². The second-order valence-corrected chi connectivity index (χ2v) is 6.11. The van der Waals surface area contributed by atoms with Gasteiger partial charge in [-0.15, -0.1) is 13.2 Å². The third-order valence-electron chi connectivity index (χ3n) is 4.43. The number of alkyl halides is 3. The number of aliphatic hydroxyl groups excluding tert-OH is 1. The van der Waals surface area contributed by atoms with Crippen LogP contribution in [0.1, 0.15) is 25.5 Å². The molecule has 9 heteroatoms. The normalized spacial score (nSPS) is 23.4. The number of benzene rings is 1. The van der Waals surface area contributed by atoms with Gasteiger partial charge in [0.05, 0.1) is 12.6 Å². The lowest BCUT2D eigenvalue weighted by molar-refractivity contribution is -0.274. The number of rotatable bonds is 4. The number of halogens is 3. The zero-order valence-electron chi connectivity index (χ0n) is 13.9. The van der Waals surface area contributed by atoms with Gasteiger partial charge in [0.15, 0.2) is 0 Å². The molecule has 1 aromatic carbocycles. The summed E-state index contributed by atoms with van der Waals surface area (Å²) in [5, 5.41) is 18.8. The van der Waals surface area contributed by atoms with Crippen LogP contribution in [0.3, 0.4) is 0 Å². The van der Waals surface area contributed by atoms with E-state index in [9.17, 15) is 28.2 Å². The lowest BCUT2D eigenvalue weighted by Gasteiger charge is -2.46. The predicted molar refractivity (Wildman–Crippen MR) is 83.3 cm³/mol. The van der Waals surface area contributed by atoms with E-state index in [-0.39, 0.29) is 37.0 Å². The first-order chi connectivity index (χ1) is 11.6. The molecule has 2 rings (SSSR count). The molecule has 1 fully saturated rings. The van der Waals surface area contributed by atoms with Crippen molar-refractivity contribution in [2.45, 2.75) is 38.3 Å². The molecular formula is C16H21F3N2O4. The highest BCUT2D eigenvalue weighted by atomic mass is 19.4. The summed E-state index contributed by atoms with van der Waals surface area (Å²) in [4.78, 5) is 14.5. The molecule has 1 amide bonds. The summed E-state index contributed by atoms with van der Waals surface area (Å²) >= 11 is 0. The van der Waals surface area contributed by atoms with E-state index in [1.54, 1.807) is 6.92 Å². The summed E-state index contributed by atoms with van der Waals surface area (Å²) in [5.41, 5.74) is 0.754. The monoisotopic (exact) mass is 362 g/mol. The Labute approximate surface area is 143 Å². The van der Waals surface area contributed by atoms with Crippen LogP contribution in [0.4, 0.5) is 18.0 Å². The lowest BCUT2D eigenvalue weighted by Crippen LogP contribution is -2.60. The minimum absolute atomic E-state index is 0.173. The molecule has 2 N–H and O–H groups in total. The fraction of sp³-hybridized carbons (Fsp3) is 0.562. The lowest BCUT2D eigenvalue weighted by atomic mass is 10.0. The first kappa shape index (κ1) is 19.3. The van der Waals surface area contributed by atoms with Gasteiger partial charge >= 0.3 is 12.5 Å². The van der Waals surface area contributed by atoms with Crippen LogP contribution in [0.2, 0.25) is 0 Å². The van der Waals surface area contributed by atoms with E-state index < -0.39 is 12.5 Å². The quantitative estimate of drug-likeness (QED) is 0.862. The molecule has 0 aliphatic carbocycles. The number of ether oxygens (including phenoxy) is 1. The highest BCUT2D eigenvalue weighted by Gasteiger charge is 2.36. The predicted octanol–water partition coefficient (Wildman–Crippen LogP) is 2.69. The van der Waals surface area contributed by atoms with Crippen LogP contribution >= 0.6 is 0 Å². The summed E-state index contributed by atoms with van der Waals surface area (Å²) in [6, 6.07) is 4.72. The fourth-order valence-electron chi connectivity index (χ4n) is 3.11. The van der Waals surface area contributed by atoms with Crippen LogP contribution in [-0.2, 0) is 0 Å². The van der Waals surface area contributed by atoms with Gasteiger partial charge in [-0.05, 0) is 31.5 Å². The molecule has 25 heavy (non-hydrogen) atoms. The Morgan fingerprint density at radius 2 is 1.92 bits per heavy atom. The van der Waals surface area contributed by atoms with E-state index in [1.165, 1.54) is 29.2 Å². The van der Waals surface area contributed by atoms with E-state index in [1.807, 2.05) is 11.8 Å². The van der Waals surface area contributed by atoms with E-state index >= 15 is 0 Å². The highest BCUT2D eigenvalue weighted by Crippen LogP contribution is 2.29. The Bertz CT molecular complexity index is 594. The van der Waals surface area contributed by atoms with Crippen molar-refractivity contribution in [2.75, 3.05) is 19.7 Å². The van der Waals surface area contributed by atoms with Crippen LogP contribution in [0.15, 0.2) is 24.3 Å². The third kappa shape index (κ3) is 4.76. The fourth-order valence-corrected chi connectivity index (χ4v) is 3.11. The summed E-state index contributed by atoms with van der Waals surface area (Å²) in [6.45, 7) is 4.02. The number of amides is 1. The average molecular weight is 362 g/mol. The minimum Gasteiger partial charge on any atom is -0.465 e. The van der Waals surface area contributed by atoms with Crippen LogP contribution in [0.5, 0.6) is 5.75 Å². The van der Waals surface area contributed by atoms with Crippen molar-refractivity contribution in [2.24, 2.45) is 0 Å². The highest BCUT2D eigenvalue weighted by molar-refractivity contribution is 5.65.